The zero-order valence-electron chi connectivity index (χ0n) is 10.0. The summed E-state index contributed by atoms with van der Waals surface area (Å²) >= 11 is 3.20. The van der Waals surface area contributed by atoms with Crippen molar-refractivity contribution in [2.45, 2.75) is 0 Å². The van der Waals surface area contributed by atoms with Gasteiger partial charge in [0.05, 0.1) is 5.56 Å². The molecule has 0 saturated carbocycles. The third-order valence-electron chi connectivity index (χ3n) is 2.71. The van der Waals surface area contributed by atoms with E-state index in [0.29, 0.717) is 10.1 Å². The number of rotatable bonds is 2. The number of amides is 1. The number of pyridine rings is 1. The van der Waals surface area contributed by atoms with Gasteiger partial charge in [0.15, 0.2) is 5.65 Å². The number of carbonyl (C=O) groups excluding carboxylic acids is 1. The SMILES string of the molecule is O=C(Nc1nnc2ccccn12)c1cc(Br)ccc1F. The van der Waals surface area contributed by atoms with Gasteiger partial charge in [0.25, 0.3) is 5.91 Å². The number of hydrogen-bond acceptors (Lipinski definition) is 3. The Morgan fingerprint density at radius 3 is 2.95 bits per heavy atom. The molecule has 20 heavy (non-hydrogen) atoms. The fraction of sp³-hybridized carbons (Fsp3) is 0. The summed E-state index contributed by atoms with van der Waals surface area (Å²) in [6.45, 7) is 0. The number of anilines is 1. The first-order valence-electron chi connectivity index (χ1n) is 5.71. The van der Waals surface area contributed by atoms with Gasteiger partial charge < -0.3 is 0 Å². The van der Waals surface area contributed by atoms with Crippen molar-refractivity contribution in [1.82, 2.24) is 14.6 Å². The molecule has 100 valence electrons. The fourth-order valence-corrected chi connectivity index (χ4v) is 2.13. The molecule has 1 amide bonds. The van der Waals surface area contributed by atoms with E-state index < -0.39 is 11.7 Å². The maximum absolute atomic E-state index is 13.6. The van der Waals surface area contributed by atoms with Gasteiger partial charge in [0.2, 0.25) is 5.95 Å². The molecule has 1 aromatic carbocycles. The van der Waals surface area contributed by atoms with Gasteiger partial charge in [-0.15, -0.1) is 10.2 Å². The number of hydrogen-bond donors (Lipinski definition) is 1. The molecule has 0 aliphatic rings. The number of aromatic nitrogens is 3. The molecule has 0 unspecified atom stereocenters. The quantitative estimate of drug-likeness (QED) is 0.783. The third kappa shape index (κ3) is 2.27. The molecule has 0 radical (unpaired) electrons. The Kier molecular flexibility index (Phi) is 3.19. The molecule has 5 nitrogen and oxygen atoms in total. The molecule has 0 fully saturated rings. The lowest BCUT2D eigenvalue weighted by Gasteiger charge is -2.05. The molecule has 3 aromatic rings. The van der Waals surface area contributed by atoms with Crippen molar-refractivity contribution in [2.75, 3.05) is 5.32 Å². The lowest BCUT2D eigenvalue weighted by atomic mass is 10.2. The summed E-state index contributed by atoms with van der Waals surface area (Å²) in [6, 6.07) is 9.50. The van der Waals surface area contributed by atoms with Gasteiger partial charge in [-0.2, -0.15) is 0 Å². The van der Waals surface area contributed by atoms with Crippen LogP contribution in [0.5, 0.6) is 0 Å². The predicted molar refractivity (Wildman–Crippen MR) is 75.0 cm³/mol. The van der Waals surface area contributed by atoms with Crippen molar-refractivity contribution in [1.29, 1.82) is 0 Å². The maximum atomic E-state index is 13.6. The molecule has 0 saturated heterocycles. The Balaban J connectivity index is 1.94. The van der Waals surface area contributed by atoms with Gasteiger partial charge in [-0.1, -0.05) is 22.0 Å². The molecule has 7 heteroatoms. The van der Waals surface area contributed by atoms with E-state index in [0.717, 1.165) is 0 Å². The van der Waals surface area contributed by atoms with Crippen LogP contribution in [0.4, 0.5) is 10.3 Å². The molecule has 2 heterocycles. The minimum absolute atomic E-state index is 0.0629. The lowest BCUT2D eigenvalue weighted by molar-refractivity contribution is 0.102. The van der Waals surface area contributed by atoms with Crippen molar-refractivity contribution in [3.8, 4) is 0 Å². The summed E-state index contributed by atoms with van der Waals surface area (Å²) in [6.07, 6.45) is 1.71. The smallest absolute Gasteiger partial charge is 0.261 e. The van der Waals surface area contributed by atoms with Crippen LogP contribution >= 0.6 is 15.9 Å². The molecule has 3 rings (SSSR count). The van der Waals surface area contributed by atoms with E-state index in [1.807, 2.05) is 6.07 Å². The highest BCUT2D eigenvalue weighted by Gasteiger charge is 2.15. The highest BCUT2D eigenvalue weighted by atomic mass is 79.9. The van der Waals surface area contributed by atoms with Crippen molar-refractivity contribution in [2.24, 2.45) is 0 Å². The largest absolute Gasteiger partial charge is 0.290 e. The first kappa shape index (κ1) is 12.7. The molecule has 0 bridgehead atoms. The van der Waals surface area contributed by atoms with Gasteiger partial charge >= 0.3 is 0 Å². The van der Waals surface area contributed by atoms with Crippen LogP contribution in [0.2, 0.25) is 0 Å². The standard InChI is InChI=1S/C13H8BrFN4O/c14-8-4-5-10(15)9(7-8)12(20)16-13-18-17-11-3-1-2-6-19(11)13/h1-7H,(H,16,18,20). The van der Waals surface area contributed by atoms with Crippen molar-refractivity contribution in [3.05, 3.63) is 58.4 Å². The molecular formula is C13H8BrFN4O. The number of nitrogens with one attached hydrogen (secondary N) is 1. The summed E-state index contributed by atoms with van der Waals surface area (Å²) in [4.78, 5) is 12.1. The van der Waals surface area contributed by atoms with E-state index in [2.05, 4.69) is 31.4 Å². The third-order valence-corrected chi connectivity index (χ3v) is 3.21. The first-order valence-corrected chi connectivity index (χ1v) is 6.50. The average molecular weight is 335 g/mol. The van der Waals surface area contributed by atoms with Gasteiger partial charge in [0, 0.05) is 10.7 Å². The van der Waals surface area contributed by atoms with Gasteiger partial charge in [0.1, 0.15) is 5.82 Å². The van der Waals surface area contributed by atoms with Crippen LogP contribution in [-0.2, 0) is 0 Å². The Labute approximate surface area is 121 Å². The van der Waals surface area contributed by atoms with Crippen molar-refractivity contribution < 1.29 is 9.18 Å². The van der Waals surface area contributed by atoms with E-state index >= 15 is 0 Å². The second kappa shape index (κ2) is 5.01. The monoisotopic (exact) mass is 334 g/mol. The zero-order chi connectivity index (χ0) is 14.1. The van der Waals surface area contributed by atoms with Gasteiger partial charge in [-0.3, -0.25) is 14.5 Å². The lowest BCUT2D eigenvalue weighted by Crippen LogP contribution is -2.15. The Morgan fingerprint density at radius 1 is 1.25 bits per heavy atom. The minimum atomic E-state index is -0.598. The second-order valence-electron chi connectivity index (χ2n) is 4.03. The highest BCUT2D eigenvalue weighted by Crippen LogP contribution is 2.17. The second-order valence-corrected chi connectivity index (χ2v) is 4.95. The minimum Gasteiger partial charge on any atom is -0.290 e. The molecule has 1 N–H and O–H groups in total. The Hall–Kier alpha value is -2.28. The van der Waals surface area contributed by atoms with Crippen molar-refractivity contribution in [3.63, 3.8) is 0 Å². The molecule has 0 atom stereocenters. The fourth-order valence-electron chi connectivity index (χ4n) is 1.77. The summed E-state index contributed by atoms with van der Waals surface area (Å²) in [5, 5.41) is 10.3. The first-order chi connectivity index (χ1) is 9.65. The Bertz CT molecular complexity index is 802. The van der Waals surface area contributed by atoms with E-state index in [1.165, 1.54) is 18.2 Å². The average Bonchev–Trinajstić information content (AvgIpc) is 2.85. The summed E-state index contributed by atoms with van der Waals surface area (Å²) < 4.78 is 15.9. The van der Waals surface area contributed by atoms with Crippen LogP contribution in [0.15, 0.2) is 47.1 Å². The highest BCUT2D eigenvalue weighted by molar-refractivity contribution is 9.10. The Morgan fingerprint density at radius 2 is 2.10 bits per heavy atom. The van der Waals surface area contributed by atoms with Crippen LogP contribution in [0.3, 0.4) is 0 Å². The van der Waals surface area contributed by atoms with E-state index in [1.54, 1.807) is 22.7 Å². The molecule has 0 aliphatic carbocycles. The number of benzene rings is 1. The topological polar surface area (TPSA) is 59.3 Å². The van der Waals surface area contributed by atoms with Crippen LogP contribution in [0.1, 0.15) is 10.4 Å². The van der Waals surface area contributed by atoms with Gasteiger partial charge in [-0.05, 0) is 30.3 Å². The van der Waals surface area contributed by atoms with E-state index in [-0.39, 0.29) is 11.5 Å². The maximum Gasteiger partial charge on any atom is 0.261 e. The molecule has 2 aromatic heterocycles. The van der Waals surface area contributed by atoms with Crippen molar-refractivity contribution >= 4 is 33.4 Å². The normalized spacial score (nSPS) is 10.7. The number of nitrogens with zero attached hydrogens (tertiary/aromatic N) is 3. The van der Waals surface area contributed by atoms with E-state index in [4.69, 9.17) is 0 Å². The number of fused-ring (bicyclic) bond motifs is 1. The summed E-state index contributed by atoms with van der Waals surface area (Å²) in [5.74, 6) is -0.938. The molecular weight excluding hydrogens is 327 g/mol. The zero-order valence-corrected chi connectivity index (χ0v) is 11.6. The summed E-state index contributed by atoms with van der Waals surface area (Å²) in [7, 11) is 0. The molecule has 0 aliphatic heterocycles. The number of halogens is 2. The van der Waals surface area contributed by atoms with Crippen LogP contribution in [0.25, 0.3) is 5.65 Å². The van der Waals surface area contributed by atoms with Crippen LogP contribution in [0, 0.1) is 5.82 Å². The van der Waals surface area contributed by atoms with Gasteiger partial charge in [-0.25, -0.2) is 4.39 Å². The van der Waals surface area contributed by atoms with Crippen LogP contribution < -0.4 is 5.32 Å². The van der Waals surface area contributed by atoms with E-state index in [9.17, 15) is 9.18 Å². The summed E-state index contributed by atoms with van der Waals surface area (Å²) in [5.41, 5.74) is 0.532. The van der Waals surface area contributed by atoms with Crippen LogP contribution in [-0.4, -0.2) is 20.5 Å². The number of carbonyl (C=O) groups is 1. The predicted octanol–water partition coefficient (Wildman–Crippen LogP) is 2.88. The molecule has 0 spiro atoms.